The van der Waals surface area contributed by atoms with E-state index >= 15 is 0 Å². The first-order valence-electron chi connectivity index (χ1n) is 9.67. The third kappa shape index (κ3) is 5.53. The van der Waals surface area contributed by atoms with E-state index in [0.29, 0.717) is 6.42 Å². The second kappa shape index (κ2) is 9.07. The normalized spacial score (nSPS) is 24.9. The van der Waals surface area contributed by atoms with Crippen LogP contribution in [0.1, 0.15) is 39.7 Å². The third-order valence-electron chi connectivity index (χ3n) is 4.74. The van der Waals surface area contributed by atoms with Gasteiger partial charge in [-0.25, -0.2) is 13.6 Å². The molecule has 1 aliphatic rings. The summed E-state index contributed by atoms with van der Waals surface area (Å²) < 4.78 is 39.4. The topological polar surface area (TPSA) is 80.2 Å². The molecule has 3 unspecified atom stereocenters. The quantitative estimate of drug-likeness (QED) is 0.455. The van der Waals surface area contributed by atoms with Gasteiger partial charge in [-0.3, -0.25) is 0 Å². The van der Waals surface area contributed by atoms with Gasteiger partial charge in [0.2, 0.25) is 5.96 Å². The summed E-state index contributed by atoms with van der Waals surface area (Å²) >= 11 is 0. The summed E-state index contributed by atoms with van der Waals surface area (Å²) in [6.45, 7) is 6.84. The Morgan fingerprint density at radius 2 is 2.03 bits per heavy atom. The van der Waals surface area contributed by atoms with Crippen LogP contribution in [0.5, 0.6) is 0 Å². The Morgan fingerprint density at radius 3 is 2.57 bits per heavy atom. The highest BCUT2D eigenvalue weighted by Crippen LogP contribution is 2.38. The summed E-state index contributed by atoms with van der Waals surface area (Å²) in [4.78, 5) is 29.7. The van der Waals surface area contributed by atoms with E-state index in [2.05, 4.69) is 10.3 Å². The van der Waals surface area contributed by atoms with Gasteiger partial charge < -0.3 is 24.5 Å². The van der Waals surface area contributed by atoms with Crippen molar-refractivity contribution in [2.24, 2.45) is 10.9 Å². The van der Waals surface area contributed by atoms with Crippen molar-refractivity contribution in [3.8, 4) is 0 Å². The highest BCUT2D eigenvalue weighted by molar-refractivity contribution is 5.91. The maximum atomic E-state index is 14.8. The molecule has 1 heterocycles. The lowest BCUT2D eigenvalue weighted by atomic mass is 9.74. The average molecular weight is 425 g/mol. The monoisotopic (exact) mass is 425 g/mol. The van der Waals surface area contributed by atoms with Gasteiger partial charge in [0.05, 0.1) is 12.7 Å². The number of ether oxygens (including phenoxy) is 2. The number of hydrogen-bond donors (Lipinski definition) is 1. The summed E-state index contributed by atoms with van der Waals surface area (Å²) in [5.74, 6) is -2.24. The maximum absolute atomic E-state index is 14.8. The van der Waals surface area contributed by atoms with Crippen molar-refractivity contribution in [3.63, 3.8) is 0 Å². The van der Waals surface area contributed by atoms with Crippen molar-refractivity contribution in [1.29, 1.82) is 0 Å². The minimum atomic E-state index is -1.39. The van der Waals surface area contributed by atoms with Gasteiger partial charge in [-0.2, -0.15) is 0 Å². The third-order valence-corrected chi connectivity index (χ3v) is 4.74. The predicted molar refractivity (Wildman–Crippen MR) is 108 cm³/mol. The second-order valence-electron chi connectivity index (χ2n) is 8.63. The fourth-order valence-electron chi connectivity index (χ4n) is 3.31. The number of aliphatic imine (C=N–C) groups is 1. The molecule has 1 N–H and O–H groups in total. The van der Waals surface area contributed by atoms with Crippen molar-refractivity contribution in [3.05, 3.63) is 35.4 Å². The van der Waals surface area contributed by atoms with E-state index in [0.717, 1.165) is 18.4 Å². The molecular formula is C21H29F2N3O4. The van der Waals surface area contributed by atoms with Gasteiger partial charge in [-0.15, -0.1) is 4.99 Å². The average Bonchev–Trinajstić information content (AvgIpc) is 2.61. The van der Waals surface area contributed by atoms with Crippen LogP contribution in [0.4, 0.5) is 13.6 Å². The zero-order chi connectivity index (χ0) is 22.7. The lowest BCUT2D eigenvalue weighted by molar-refractivity contribution is -0.123. The molecule has 1 amide bonds. The zero-order valence-electron chi connectivity index (χ0n) is 18.2. The highest BCUT2D eigenvalue weighted by atomic mass is 19.1. The fraction of sp³-hybridized carbons (Fsp3) is 0.571. The molecule has 166 valence electrons. The van der Waals surface area contributed by atoms with Crippen molar-refractivity contribution in [2.75, 3.05) is 20.7 Å². The van der Waals surface area contributed by atoms with Gasteiger partial charge in [0.15, 0.2) is 0 Å². The second-order valence-corrected chi connectivity index (χ2v) is 8.63. The van der Waals surface area contributed by atoms with E-state index in [1.165, 1.54) is 11.0 Å². The van der Waals surface area contributed by atoms with E-state index in [4.69, 9.17) is 9.47 Å². The van der Waals surface area contributed by atoms with E-state index in [1.54, 1.807) is 34.9 Å². The van der Waals surface area contributed by atoms with Crippen molar-refractivity contribution in [2.45, 2.75) is 51.4 Å². The summed E-state index contributed by atoms with van der Waals surface area (Å²) in [7, 11) is 3.26. The largest absolute Gasteiger partial charge is 0.442 e. The van der Waals surface area contributed by atoms with E-state index in [-0.39, 0.29) is 24.2 Å². The molecule has 9 heteroatoms. The molecule has 1 aliphatic heterocycles. The molecule has 1 fully saturated rings. The Morgan fingerprint density at radius 1 is 1.37 bits per heavy atom. The van der Waals surface area contributed by atoms with E-state index in [9.17, 15) is 18.4 Å². The van der Waals surface area contributed by atoms with Crippen LogP contribution in [0.25, 0.3) is 0 Å². The molecule has 0 radical (unpaired) electrons. The minimum absolute atomic E-state index is 0.0478. The van der Waals surface area contributed by atoms with Crippen LogP contribution in [0.2, 0.25) is 0 Å². The number of rotatable bonds is 3. The van der Waals surface area contributed by atoms with Crippen LogP contribution < -0.4 is 5.32 Å². The molecule has 2 rings (SSSR count). The predicted octanol–water partition coefficient (Wildman–Crippen LogP) is 3.23. The highest BCUT2D eigenvalue weighted by Gasteiger charge is 2.47. The van der Waals surface area contributed by atoms with Crippen molar-refractivity contribution >= 4 is 18.3 Å². The standard InChI is InChI=1S/C21H29F2N3O4/c1-13-9-14(11-27)21(12-29-13,16-8-7-15(22)10-17(16)23)25-18(26(5)6)24-19(28)30-20(2,3)4/h7-8,10-11,13-14H,9,12H2,1-6H3,(H,24,25,28). The number of aldehydes is 1. The molecule has 1 aromatic carbocycles. The number of nitrogens with one attached hydrogen (secondary N) is 1. The molecule has 1 aromatic rings. The lowest BCUT2D eigenvalue weighted by Crippen LogP contribution is -2.61. The molecular weight excluding hydrogens is 396 g/mol. The number of carbonyl (C=O) groups is 2. The number of benzene rings is 1. The number of hydrogen-bond acceptors (Lipinski definition) is 4. The first-order chi connectivity index (χ1) is 13.9. The first kappa shape index (κ1) is 23.7. The molecule has 1 saturated heterocycles. The minimum Gasteiger partial charge on any atom is -0.442 e. The van der Waals surface area contributed by atoms with Crippen LogP contribution in [-0.4, -0.2) is 55.6 Å². The maximum Gasteiger partial charge on any atom is 0.437 e. The van der Waals surface area contributed by atoms with Gasteiger partial charge in [-0.1, -0.05) is 6.07 Å². The van der Waals surface area contributed by atoms with Gasteiger partial charge in [0.25, 0.3) is 0 Å². The number of carbonyl (C=O) groups excluding carboxylic acids is 2. The Kier molecular flexibility index (Phi) is 7.18. The fourth-order valence-corrected chi connectivity index (χ4v) is 3.31. The smallest absolute Gasteiger partial charge is 0.437 e. The van der Waals surface area contributed by atoms with Crippen LogP contribution in [0.3, 0.4) is 0 Å². The molecule has 30 heavy (non-hydrogen) atoms. The van der Waals surface area contributed by atoms with Gasteiger partial charge in [-0.05, 0) is 40.2 Å². The molecule has 7 nitrogen and oxygen atoms in total. The van der Waals surface area contributed by atoms with E-state index < -0.39 is 34.8 Å². The number of halogens is 2. The molecule has 0 spiro atoms. The molecule has 0 aliphatic carbocycles. The molecule has 3 atom stereocenters. The number of guanidine groups is 1. The Bertz CT molecular complexity index is 823. The van der Waals surface area contributed by atoms with Gasteiger partial charge in [0.1, 0.15) is 29.1 Å². The van der Waals surface area contributed by atoms with E-state index in [1.807, 2.05) is 6.92 Å². The zero-order valence-corrected chi connectivity index (χ0v) is 18.2. The van der Waals surface area contributed by atoms with Crippen molar-refractivity contribution < 1.29 is 27.8 Å². The Labute approximate surface area is 175 Å². The van der Waals surface area contributed by atoms with Crippen LogP contribution >= 0.6 is 0 Å². The summed E-state index contributed by atoms with van der Waals surface area (Å²) in [5, 5.41) is 3.04. The Hall–Kier alpha value is -2.55. The SMILES string of the molecule is CC1CC(C=O)C(NC(=NC(=O)OC(C)(C)C)N(C)C)(c2ccc(F)cc2F)CO1. The molecule has 0 bridgehead atoms. The lowest BCUT2D eigenvalue weighted by Gasteiger charge is -2.45. The first-order valence-corrected chi connectivity index (χ1v) is 9.67. The summed E-state index contributed by atoms with van der Waals surface area (Å²) in [6, 6.07) is 3.13. The summed E-state index contributed by atoms with van der Waals surface area (Å²) in [5.41, 5.74) is -2.10. The molecule has 0 aromatic heterocycles. The molecule has 0 saturated carbocycles. The number of nitrogens with zero attached hydrogens (tertiary/aromatic N) is 2. The van der Waals surface area contributed by atoms with Gasteiger partial charge >= 0.3 is 6.09 Å². The Balaban J connectivity index is 2.56. The van der Waals surface area contributed by atoms with Crippen LogP contribution in [-0.2, 0) is 19.8 Å². The summed E-state index contributed by atoms with van der Waals surface area (Å²) in [6.07, 6.45) is -0.0545. The van der Waals surface area contributed by atoms with Crippen LogP contribution in [0.15, 0.2) is 23.2 Å². The van der Waals surface area contributed by atoms with Crippen LogP contribution in [0, 0.1) is 17.6 Å². The van der Waals surface area contributed by atoms with Crippen molar-refractivity contribution in [1.82, 2.24) is 10.2 Å². The van der Waals surface area contributed by atoms with Gasteiger partial charge in [0, 0.05) is 31.6 Å². The number of amides is 1.